The van der Waals surface area contributed by atoms with Crippen LogP contribution in [0.3, 0.4) is 0 Å². The van der Waals surface area contributed by atoms with Gasteiger partial charge in [-0.2, -0.15) is 4.98 Å². The van der Waals surface area contributed by atoms with E-state index in [1.807, 2.05) is 0 Å². The number of carboxylic acids is 1. The van der Waals surface area contributed by atoms with E-state index >= 15 is 0 Å². The van der Waals surface area contributed by atoms with Crippen LogP contribution in [0, 0.1) is 0 Å². The van der Waals surface area contributed by atoms with E-state index in [0.29, 0.717) is 11.3 Å². The Hall–Kier alpha value is -2.70. The highest BCUT2D eigenvalue weighted by molar-refractivity contribution is 5.99. The number of nitrogen functional groups attached to an aromatic ring is 1. The zero-order valence-electron chi connectivity index (χ0n) is 9.49. The van der Waals surface area contributed by atoms with Gasteiger partial charge in [0.1, 0.15) is 11.4 Å². The lowest BCUT2D eigenvalue weighted by atomic mass is 10.1. The number of methoxy groups -OCH3 is 1. The molecule has 0 aliphatic rings. The highest BCUT2D eigenvalue weighted by Crippen LogP contribution is 2.25. The second-order valence-corrected chi connectivity index (χ2v) is 3.35. The van der Waals surface area contributed by atoms with E-state index in [4.69, 9.17) is 15.6 Å². The molecule has 0 saturated heterocycles. The molecule has 2 aromatic rings. The topological polar surface area (TPSA) is 111 Å². The molecule has 0 aromatic carbocycles. The smallest absolute Gasteiger partial charge is 0.340 e. The Labute approximate surface area is 102 Å². The van der Waals surface area contributed by atoms with Gasteiger partial charge in [0.25, 0.3) is 0 Å². The van der Waals surface area contributed by atoms with E-state index in [1.54, 1.807) is 6.07 Å². The number of nitrogens with zero attached hydrogens (tertiary/aromatic N) is 3. The fourth-order valence-corrected chi connectivity index (χ4v) is 1.51. The Morgan fingerprint density at radius 2 is 2.06 bits per heavy atom. The van der Waals surface area contributed by atoms with E-state index in [2.05, 4.69) is 15.0 Å². The zero-order chi connectivity index (χ0) is 13.1. The summed E-state index contributed by atoms with van der Waals surface area (Å²) in [7, 11) is 1.43. The fourth-order valence-electron chi connectivity index (χ4n) is 1.51. The van der Waals surface area contributed by atoms with Gasteiger partial charge < -0.3 is 15.6 Å². The lowest BCUT2D eigenvalue weighted by molar-refractivity contribution is 0.0698. The molecule has 92 valence electrons. The molecule has 0 amide bonds. The van der Waals surface area contributed by atoms with Crippen molar-refractivity contribution in [3.05, 3.63) is 30.1 Å². The normalized spacial score (nSPS) is 10.1. The predicted octanol–water partition coefficient (Wildman–Crippen LogP) is 0.828. The number of aromatic carboxylic acids is 1. The van der Waals surface area contributed by atoms with Crippen molar-refractivity contribution in [3.63, 3.8) is 0 Å². The molecule has 0 unspecified atom stereocenters. The van der Waals surface area contributed by atoms with Gasteiger partial charge in [0.05, 0.1) is 12.8 Å². The molecule has 2 aromatic heterocycles. The van der Waals surface area contributed by atoms with Crippen LogP contribution in [0.4, 0.5) is 5.82 Å². The highest BCUT2D eigenvalue weighted by Gasteiger charge is 2.17. The Bertz CT molecular complexity index is 601. The summed E-state index contributed by atoms with van der Waals surface area (Å²) >= 11 is 0. The van der Waals surface area contributed by atoms with Crippen molar-refractivity contribution in [2.45, 2.75) is 0 Å². The zero-order valence-corrected chi connectivity index (χ0v) is 9.49. The van der Waals surface area contributed by atoms with Crippen molar-refractivity contribution >= 4 is 11.8 Å². The maximum absolute atomic E-state index is 11.2. The van der Waals surface area contributed by atoms with Gasteiger partial charge in [-0.3, -0.25) is 0 Å². The van der Waals surface area contributed by atoms with Crippen LogP contribution < -0.4 is 10.5 Å². The van der Waals surface area contributed by atoms with Crippen LogP contribution in [0.15, 0.2) is 24.5 Å². The van der Waals surface area contributed by atoms with Crippen molar-refractivity contribution in [3.8, 4) is 17.3 Å². The second kappa shape index (κ2) is 4.66. The van der Waals surface area contributed by atoms with Gasteiger partial charge in [0, 0.05) is 18.0 Å². The lowest BCUT2D eigenvalue weighted by Gasteiger charge is -2.07. The number of aromatic nitrogens is 3. The minimum atomic E-state index is -1.16. The maximum Gasteiger partial charge on any atom is 0.340 e. The van der Waals surface area contributed by atoms with E-state index < -0.39 is 5.97 Å². The number of rotatable bonds is 3. The second-order valence-electron chi connectivity index (χ2n) is 3.35. The van der Waals surface area contributed by atoms with Gasteiger partial charge in [-0.25, -0.2) is 14.8 Å². The van der Waals surface area contributed by atoms with Crippen LogP contribution in [0.2, 0.25) is 0 Å². The number of hydrogen-bond acceptors (Lipinski definition) is 6. The lowest BCUT2D eigenvalue weighted by Crippen LogP contribution is -2.07. The summed E-state index contributed by atoms with van der Waals surface area (Å²) < 4.78 is 4.89. The van der Waals surface area contributed by atoms with Gasteiger partial charge in [0.15, 0.2) is 0 Å². The molecule has 18 heavy (non-hydrogen) atoms. The van der Waals surface area contributed by atoms with Crippen LogP contribution in [0.5, 0.6) is 6.01 Å². The first-order valence-corrected chi connectivity index (χ1v) is 4.98. The first kappa shape index (κ1) is 11.8. The predicted molar refractivity (Wildman–Crippen MR) is 63.2 cm³/mol. The standard InChI is InChI=1S/C11H10N4O3/c1-18-11-14-5-3-7(15-11)6-2-4-13-9(12)8(6)10(16)17/h2-5H,1H3,(H2,12,13)(H,16,17). The molecule has 3 N–H and O–H groups in total. The van der Waals surface area contributed by atoms with Crippen molar-refractivity contribution < 1.29 is 14.6 Å². The number of anilines is 1. The Morgan fingerprint density at radius 1 is 1.33 bits per heavy atom. The van der Waals surface area contributed by atoms with Crippen LogP contribution in [-0.4, -0.2) is 33.1 Å². The molecule has 0 aliphatic carbocycles. The van der Waals surface area contributed by atoms with Crippen molar-refractivity contribution in [1.82, 2.24) is 15.0 Å². The summed E-state index contributed by atoms with van der Waals surface area (Å²) in [4.78, 5) is 22.8. The van der Waals surface area contributed by atoms with Crippen molar-refractivity contribution in [2.75, 3.05) is 12.8 Å². The van der Waals surface area contributed by atoms with E-state index in [9.17, 15) is 4.79 Å². The Morgan fingerprint density at radius 3 is 2.72 bits per heavy atom. The van der Waals surface area contributed by atoms with Crippen molar-refractivity contribution in [1.29, 1.82) is 0 Å². The largest absolute Gasteiger partial charge is 0.478 e. The number of carboxylic acid groups (broad SMARTS) is 1. The van der Waals surface area contributed by atoms with Crippen molar-refractivity contribution in [2.24, 2.45) is 0 Å². The molecular formula is C11H10N4O3. The summed E-state index contributed by atoms with van der Waals surface area (Å²) in [6.45, 7) is 0. The molecule has 7 nitrogen and oxygen atoms in total. The molecule has 7 heteroatoms. The number of ether oxygens (including phenoxy) is 1. The average molecular weight is 246 g/mol. The van der Waals surface area contributed by atoms with Crippen LogP contribution in [0.25, 0.3) is 11.3 Å². The van der Waals surface area contributed by atoms with Gasteiger partial charge in [-0.1, -0.05) is 0 Å². The summed E-state index contributed by atoms with van der Waals surface area (Å²) in [5, 5.41) is 9.14. The molecule has 0 radical (unpaired) electrons. The molecule has 0 saturated carbocycles. The average Bonchev–Trinajstić information content (AvgIpc) is 2.38. The van der Waals surface area contributed by atoms with Gasteiger partial charge in [-0.05, 0) is 12.1 Å². The van der Waals surface area contributed by atoms with E-state index in [0.717, 1.165) is 0 Å². The number of pyridine rings is 1. The van der Waals surface area contributed by atoms with E-state index in [1.165, 1.54) is 25.6 Å². The third-order valence-electron chi connectivity index (χ3n) is 2.29. The molecule has 0 bridgehead atoms. The van der Waals surface area contributed by atoms with E-state index in [-0.39, 0.29) is 17.4 Å². The highest BCUT2D eigenvalue weighted by atomic mass is 16.5. The van der Waals surface area contributed by atoms with Gasteiger partial charge >= 0.3 is 12.0 Å². The molecule has 0 fully saturated rings. The molecule has 0 atom stereocenters. The third kappa shape index (κ3) is 2.05. The Balaban J connectivity index is 2.63. The number of carbonyl (C=O) groups is 1. The van der Waals surface area contributed by atoms with Gasteiger partial charge in [0.2, 0.25) is 0 Å². The summed E-state index contributed by atoms with van der Waals surface area (Å²) in [5.41, 5.74) is 6.26. The summed E-state index contributed by atoms with van der Waals surface area (Å²) in [5.74, 6) is -1.22. The number of nitrogens with two attached hydrogens (primary N) is 1. The molecule has 0 aliphatic heterocycles. The molecule has 0 spiro atoms. The SMILES string of the molecule is COc1nccc(-c2ccnc(N)c2C(=O)O)n1. The first-order chi connectivity index (χ1) is 8.63. The Kier molecular flexibility index (Phi) is 3.05. The minimum Gasteiger partial charge on any atom is -0.478 e. The molecule has 2 heterocycles. The van der Waals surface area contributed by atoms with Crippen LogP contribution >= 0.6 is 0 Å². The molecule has 2 rings (SSSR count). The summed E-state index contributed by atoms with van der Waals surface area (Å²) in [6, 6.07) is 3.25. The maximum atomic E-state index is 11.2. The fraction of sp³-hybridized carbons (Fsp3) is 0.0909. The molecular weight excluding hydrogens is 236 g/mol. The minimum absolute atomic E-state index is 0.0578. The quantitative estimate of drug-likeness (QED) is 0.824. The number of hydrogen-bond donors (Lipinski definition) is 2. The van der Waals surface area contributed by atoms with Crippen LogP contribution in [0.1, 0.15) is 10.4 Å². The first-order valence-electron chi connectivity index (χ1n) is 4.98. The van der Waals surface area contributed by atoms with Crippen LogP contribution in [-0.2, 0) is 0 Å². The summed E-state index contributed by atoms with van der Waals surface area (Å²) in [6.07, 6.45) is 2.90. The van der Waals surface area contributed by atoms with Gasteiger partial charge in [-0.15, -0.1) is 0 Å². The monoisotopic (exact) mass is 246 g/mol. The third-order valence-corrected chi connectivity index (χ3v) is 2.29.